The number of ether oxygens (including phenoxy) is 1. The summed E-state index contributed by atoms with van der Waals surface area (Å²) in [4.78, 5) is 18.8. The third-order valence-corrected chi connectivity index (χ3v) is 2.31. The molecule has 0 aliphatic rings. The molecule has 2 aromatic rings. The first-order chi connectivity index (χ1) is 9.20. The molecule has 0 radical (unpaired) electrons. The monoisotopic (exact) mass is 263 g/mol. The van der Waals surface area contributed by atoms with Gasteiger partial charge in [0.05, 0.1) is 0 Å². The van der Waals surface area contributed by atoms with Gasteiger partial charge in [-0.05, 0) is 18.6 Å². The molecule has 0 fully saturated rings. The van der Waals surface area contributed by atoms with Crippen LogP contribution in [0.1, 0.15) is 35.5 Å². The van der Waals surface area contributed by atoms with Crippen molar-refractivity contribution < 1.29 is 19.2 Å². The molecule has 0 spiro atoms. The second-order valence-corrected chi connectivity index (χ2v) is 3.80. The lowest BCUT2D eigenvalue weighted by Crippen LogP contribution is -2.05. The summed E-state index contributed by atoms with van der Waals surface area (Å²) in [6, 6.07) is 3.12. The SMILES string of the molecule is CCCc1noc(COc2cccnc2C(=O)O)n1. The Morgan fingerprint density at radius 2 is 2.37 bits per heavy atom. The molecule has 2 rings (SSSR count). The van der Waals surface area contributed by atoms with Gasteiger partial charge in [0.1, 0.15) is 0 Å². The first kappa shape index (κ1) is 13.0. The molecule has 0 aromatic carbocycles. The average molecular weight is 263 g/mol. The topological polar surface area (TPSA) is 98.3 Å². The van der Waals surface area contributed by atoms with Gasteiger partial charge in [-0.1, -0.05) is 12.1 Å². The van der Waals surface area contributed by atoms with E-state index >= 15 is 0 Å². The second kappa shape index (κ2) is 5.94. The number of aryl methyl sites for hydroxylation is 1. The second-order valence-electron chi connectivity index (χ2n) is 3.80. The van der Waals surface area contributed by atoms with Crippen LogP contribution in [0.4, 0.5) is 0 Å². The van der Waals surface area contributed by atoms with E-state index in [1.165, 1.54) is 12.3 Å². The fourth-order valence-electron chi connectivity index (χ4n) is 1.48. The van der Waals surface area contributed by atoms with Gasteiger partial charge in [-0.2, -0.15) is 4.98 Å². The highest BCUT2D eigenvalue weighted by Gasteiger charge is 2.13. The molecule has 0 atom stereocenters. The Morgan fingerprint density at radius 1 is 1.53 bits per heavy atom. The third kappa shape index (κ3) is 3.27. The molecule has 1 N–H and O–H groups in total. The van der Waals surface area contributed by atoms with E-state index in [0.717, 1.165) is 12.8 Å². The van der Waals surface area contributed by atoms with Crippen LogP contribution in [-0.2, 0) is 13.0 Å². The Labute approximate surface area is 109 Å². The number of carbonyl (C=O) groups is 1. The molecule has 0 aliphatic heterocycles. The third-order valence-electron chi connectivity index (χ3n) is 2.31. The Morgan fingerprint density at radius 3 is 3.11 bits per heavy atom. The predicted molar refractivity (Wildman–Crippen MR) is 63.8 cm³/mol. The molecule has 7 nitrogen and oxygen atoms in total. The number of hydrogen-bond donors (Lipinski definition) is 1. The molecule has 2 aromatic heterocycles. The van der Waals surface area contributed by atoms with Crippen LogP contribution in [0.3, 0.4) is 0 Å². The van der Waals surface area contributed by atoms with E-state index in [9.17, 15) is 4.79 Å². The fraction of sp³-hybridized carbons (Fsp3) is 0.333. The van der Waals surface area contributed by atoms with E-state index in [2.05, 4.69) is 15.1 Å². The van der Waals surface area contributed by atoms with E-state index < -0.39 is 5.97 Å². The van der Waals surface area contributed by atoms with Gasteiger partial charge >= 0.3 is 5.97 Å². The molecule has 0 saturated carbocycles. The number of aromatic nitrogens is 3. The maximum absolute atomic E-state index is 10.9. The fourth-order valence-corrected chi connectivity index (χ4v) is 1.48. The van der Waals surface area contributed by atoms with Gasteiger partial charge in [-0.25, -0.2) is 9.78 Å². The summed E-state index contributed by atoms with van der Waals surface area (Å²) in [6.45, 7) is 2.03. The maximum Gasteiger partial charge on any atom is 0.358 e. The summed E-state index contributed by atoms with van der Waals surface area (Å²) >= 11 is 0. The van der Waals surface area contributed by atoms with Crippen molar-refractivity contribution in [2.24, 2.45) is 0 Å². The van der Waals surface area contributed by atoms with Gasteiger partial charge in [-0.3, -0.25) is 0 Å². The van der Waals surface area contributed by atoms with Gasteiger partial charge in [0.25, 0.3) is 5.89 Å². The average Bonchev–Trinajstić information content (AvgIpc) is 2.85. The molecule has 2 heterocycles. The zero-order valence-electron chi connectivity index (χ0n) is 10.4. The molecule has 0 saturated heterocycles. The smallest absolute Gasteiger partial charge is 0.358 e. The minimum absolute atomic E-state index is 0.0166. The van der Waals surface area contributed by atoms with Crippen molar-refractivity contribution in [1.82, 2.24) is 15.1 Å². The Hall–Kier alpha value is -2.44. The minimum atomic E-state index is -1.15. The number of nitrogens with zero attached hydrogens (tertiary/aromatic N) is 3. The van der Waals surface area contributed by atoms with Crippen LogP contribution in [0.5, 0.6) is 5.75 Å². The van der Waals surface area contributed by atoms with Crippen LogP contribution in [0.25, 0.3) is 0 Å². The van der Waals surface area contributed by atoms with E-state index in [1.54, 1.807) is 6.07 Å². The number of aromatic carboxylic acids is 1. The van der Waals surface area contributed by atoms with Crippen LogP contribution >= 0.6 is 0 Å². The van der Waals surface area contributed by atoms with E-state index in [0.29, 0.717) is 11.7 Å². The van der Waals surface area contributed by atoms with E-state index in [-0.39, 0.29) is 18.1 Å². The van der Waals surface area contributed by atoms with Crippen LogP contribution in [0, 0.1) is 0 Å². The van der Waals surface area contributed by atoms with Gasteiger partial charge in [0.15, 0.2) is 23.9 Å². The normalized spacial score (nSPS) is 10.4. The first-order valence-electron chi connectivity index (χ1n) is 5.83. The van der Waals surface area contributed by atoms with Crippen LogP contribution in [0.2, 0.25) is 0 Å². The van der Waals surface area contributed by atoms with E-state index in [4.69, 9.17) is 14.4 Å². The van der Waals surface area contributed by atoms with Crippen LogP contribution < -0.4 is 4.74 Å². The van der Waals surface area contributed by atoms with Crippen molar-refractivity contribution in [3.05, 3.63) is 35.7 Å². The van der Waals surface area contributed by atoms with Gasteiger partial charge in [0, 0.05) is 12.6 Å². The molecule has 0 unspecified atom stereocenters. The number of rotatable bonds is 6. The number of carboxylic acids is 1. The van der Waals surface area contributed by atoms with Gasteiger partial charge in [-0.15, -0.1) is 0 Å². The Kier molecular flexibility index (Phi) is 4.07. The first-order valence-corrected chi connectivity index (χ1v) is 5.83. The minimum Gasteiger partial charge on any atom is -0.481 e. The van der Waals surface area contributed by atoms with E-state index in [1.807, 2.05) is 6.92 Å². The van der Waals surface area contributed by atoms with Crippen molar-refractivity contribution in [3.8, 4) is 5.75 Å². The summed E-state index contributed by atoms with van der Waals surface area (Å²) in [7, 11) is 0. The molecule has 19 heavy (non-hydrogen) atoms. The number of carboxylic acid groups (broad SMARTS) is 1. The molecule has 7 heteroatoms. The summed E-state index contributed by atoms with van der Waals surface area (Å²) in [5, 5.41) is 12.7. The quantitative estimate of drug-likeness (QED) is 0.846. The lowest BCUT2D eigenvalue weighted by Gasteiger charge is -2.05. The van der Waals surface area contributed by atoms with Crippen LogP contribution in [0.15, 0.2) is 22.9 Å². The summed E-state index contributed by atoms with van der Waals surface area (Å²) in [6.07, 6.45) is 3.05. The number of hydrogen-bond acceptors (Lipinski definition) is 6. The van der Waals surface area contributed by atoms with Gasteiger partial charge in [0.2, 0.25) is 0 Å². The Balaban J connectivity index is 2.03. The molecular weight excluding hydrogens is 250 g/mol. The van der Waals surface area contributed by atoms with Crippen molar-refractivity contribution >= 4 is 5.97 Å². The highest BCUT2D eigenvalue weighted by molar-refractivity contribution is 5.88. The summed E-state index contributed by atoms with van der Waals surface area (Å²) < 4.78 is 10.3. The van der Waals surface area contributed by atoms with Crippen molar-refractivity contribution in [2.75, 3.05) is 0 Å². The van der Waals surface area contributed by atoms with Crippen molar-refractivity contribution in [2.45, 2.75) is 26.4 Å². The lowest BCUT2D eigenvalue weighted by atomic mass is 10.3. The predicted octanol–water partition coefficient (Wildman–Crippen LogP) is 1.69. The Bertz CT molecular complexity index is 568. The van der Waals surface area contributed by atoms with Crippen molar-refractivity contribution in [3.63, 3.8) is 0 Å². The molecule has 100 valence electrons. The largest absolute Gasteiger partial charge is 0.481 e. The summed E-state index contributed by atoms with van der Waals surface area (Å²) in [5.74, 6) is -0.0487. The zero-order chi connectivity index (χ0) is 13.7. The molecule has 0 aliphatic carbocycles. The van der Waals surface area contributed by atoms with Crippen LogP contribution in [-0.4, -0.2) is 26.2 Å². The van der Waals surface area contributed by atoms with Crippen molar-refractivity contribution in [1.29, 1.82) is 0 Å². The van der Waals surface area contributed by atoms with Gasteiger partial charge < -0.3 is 14.4 Å². The summed E-state index contributed by atoms with van der Waals surface area (Å²) in [5.41, 5.74) is -0.143. The zero-order valence-corrected chi connectivity index (χ0v) is 10.4. The molecule has 0 bridgehead atoms. The maximum atomic E-state index is 10.9. The molecular formula is C12H13N3O4. The highest BCUT2D eigenvalue weighted by Crippen LogP contribution is 2.16. The number of pyridine rings is 1. The molecule has 0 amide bonds. The lowest BCUT2D eigenvalue weighted by molar-refractivity contribution is 0.0684. The standard InChI is InChI=1S/C12H13N3O4/c1-2-4-9-14-10(19-15-9)7-18-8-5-3-6-13-11(8)12(16)17/h3,5-6H,2,4,7H2,1H3,(H,16,17). The highest BCUT2D eigenvalue weighted by atomic mass is 16.5.